The van der Waals surface area contributed by atoms with Gasteiger partial charge in [0.15, 0.2) is 0 Å². The molecule has 1 saturated heterocycles. The van der Waals surface area contributed by atoms with Crippen molar-refractivity contribution >= 4 is 17.7 Å². The van der Waals surface area contributed by atoms with Gasteiger partial charge in [0.1, 0.15) is 11.3 Å². The van der Waals surface area contributed by atoms with Crippen LogP contribution in [0.25, 0.3) is 0 Å². The molecule has 1 aromatic carbocycles. The Morgan fingerprint density at radius 1 is 1.26 bits per heavy atom. The molecule has 0 radical (unpaired) electrons. The van der Waals surface area contributed by atoms with Gasteiger partial charge in [-0.25, -0.2) is 0 Å². The van der Waals surface area contributed by atoms with Crippen molar-refractivity contribution in [1.29, 1.82) is 0 Å². The molecule has 5 heteroatoms. The van der Waals surface area contributed by atoms with Crippen molar-refractivity contribution in [3.05, 3.63) is 52.4 Å². The molecule has 2 aromatic rings. The highest BCUT2D eigenvalue weighted by Crippen LogP contribution is 2.36. The summed E-state index contributed by atoms with van der Waals surface area (Å²) in [6, 6.07) is 8.54. The van der Waals surface area contributed by atoms with Crippen LogP contribution in [0.3, 0.4) is 0 Å². The monoisotopic (exact) mass is 330 g/mol. The molecule has 2 heterocycles. The van der Waals surface area contributed by atoms with Gasteiger partial charge in [-0.1, -0.05) is 29.4 Å². The Kier molecular flexibility index (Phi) is 4.76. The Labute approximate surface area is 141 Å². The third-order valence-electron chi connectivity index (χ3n) is 4.41. The Balaban J connectivity index is 1.74. The molecule has 0 aliphatic carbocycles. The fourth-order valence-electron chi connectivity index (χ4n) is 3.12. The molecule has 1 amide bonds. The van der Waals surface area contributed by atoms with Crippen LogP contribution in [-0.2, 0) is 0 Å². The van der Waals surface area contributed by atoms with E-state index in [2.05, 4.69) is 36.3 Å². The second-order valence-electron chi connectivity index (χ2n) is 6.00. The molecule has 1 unspecified atom stereocenters. The predicted octanol–water partition coefficient (Wildman–Crippen LogP) is 3.92. The van der Waals surface area contributed by atoms with E-state index in [1.165, 1.54) is 11.1 Å². The van der Waals surface area contributed by atoms with Crippen LogP contribution in [-0.4, -0.2) is 34.8 Å². The Morgan fingerprint density at radius 3 is 2.74 bits per heavy atom. The molecule has 1 aromatic heterocycles. The zero-order valence-electron chi connectivity index (χ0n) is 13.8. The van der Waals surface area contributed by atoms with Crippen molar-refractivity contribution in [2.75, 3.05) is 18.8 Å². The van der Waals surface area contributed by atoms with E-state index in [0.717, 1.165) is 25.3 Å². The maximum Gasteiger partial charge on any atom is 0.259 e. The van der Waals surface area contributed by atoms with Crippen LogP contribution in [0.15, 0.2) is 28.8 Å². The van der Waals surface area contributed by atoms with E-state index >= 15 is 0 Å². The fourth-order valence-corrected chi connectivity index (χ4v) is 4.44. The SMILES string of the molecule is Cc1ccccc1C1CCN(C(=O)c2c(C)noc2C)CCS1. The Morgan fingerprint density at radius 2 is 2.04 bits per heavy atom. The minimum atomic E-state index is 0.0484. The number of hydrogen-bond donors (Lipinski definition) is 0. The largest absolute Gasteiger partial charge is 0.361 e. The highest BCUT2D eigenvalue weighted by molar-refractivity contribution is 7.99. The van der Waals surface area contributed by atoms with E-state index in [9.17, 15) is 4.79 Å². The van der Waals surface area contributed by atoms with Crippen LogP contribution < -0.4 is 0 Å². The molecule has 1 fully saturated rings. The van der Waals surface area contributed by atoms with Gasteiger partial charge >= 0.3 is 0 Å². The number of nitrogens with zero attached hydrogens (tertiary/aromatic N) is 2. The second kappa shape index (κ2) is 6.79. The number of rotatable bonds is 2. The van der Waals surface area contributed by atoms with Crippen molar-refractivity contribution < 1.29 is 9.32 Å². The van der Waals surface area contributed by atoms with Crippen molar-refractivity contribution in [2.24, 2.45) is 0 Å². The average molecular weight is 330 g/mol. The van der Waals surface area contributed by atoms with E-state index in [4.69, 9.17) is 4.52 Å². The first-order valence-corrected chi connectivity index (χ1v) is 9.02. The molecule has 0 spiro atoms. The fraction of sp³-hybridized carbons (Fsp3) is 0.444. The molecule has 3 rings (SSSR count). The molecule has 0 saturated carbocycles. The summed E-state index contributed by atoms with van der Waals surface area (Å²) >= 11 is 1.95. The third kappa shape index (κ3) is 3.29. The lowest BCUT2D eigenvalue weighted by Crippen LogP contribution is -2.33. The van der Waals surface area contributed by atoms with E-state index in [1.54, 1.807) is 6.92 Å². The standard InChI is InChI=1S/C18H22N2O2S/c1-12-6-4-5-7-15(12)16-8-9-20(10-11-23-16)18(21)17-13(2)19-22-14(17)3/h4-7,16H,8-11H2,1-3H3. The van der Waals surface area contributed by atoms with Crippen LogP contribution in [0.1, 0.15) is 44.6 Å². The number of hydrogen-bond acceptors (Lipinski definition) is 4. The van der Waals surface area contributed by atoms with Crippen molar-refractivity contribution in [2.45, 2.75) is 32.4 Å². The first-order valence-electron chi connectivity index (χ1n) is 7.97. The van der Waals surface area contributed by atoms with Crippen LogP contribution >= 0.6 is 11.8 Å². The normalized spacial score (nSPS) is 18.7. The van der Waals surface area contributed by atoms with Crippen molar-refractivity contribution in [3.63, 3.8) is 0 Å². The first-order chi connectivity index (χ1) is 11.1. The van der Waals surface area contributed by atoms with Gasteiger partial charge in [-0.3, -0.25) is 4.79 Å². The molecule has 1 aliphatic heterocycles. The van der Waals surface area contributed by atoms with Crippen molar-refractivity contribution in [1.82, 2.24) is 10.1 Å². The molecule has 23 heavy (non-hydrogen) atoms. The van der Waals surface area contributed by atoms with Gasteiger partial charge in [0, 0.05) is 24.1 Å². The van der Waals surface area contributed by atoms with Crippen LogP contribution in [0, 0.1) is 20.8 Å². The van der Waals surface area contributed by atoms with E-state index in [1.807, 2.05) is 23.6 Å². The smallest absolute Gasteiger partial charge is 0.259 e. The number of carbonyl (C=O) groups is 1. The summed E-state index contributed by atoms with van der Waals surface area (Å²) in [6.45, 7) is 7.33. The number of aryl methyl sites for hydroxylation is 3. The lowest BCUT2D eigenvalue weighted by Gasteiger charge is -2.20. The highest BCUT2D eigenvalue weighted by Gasteiger charge is 2.27. The summed E-state index contributed by atoms with van der Waals surface area (Å²) in [5.74, 6) is 1.61. The zero-order chi connectivity index (χ0) is 16.4. The van der Waals surface area contributed by atoms with Gasteiger partial charge in [-0.05, 0) is 38.3 Å². The molecule has 122 valence electrons. The van der Waals surface area contributed by atoms with Gasteiger partial charge in [0.05, 0.1) is 5.69 Å². The molecule has 0 N–H and O–H groups in total. The quantitative estimate of drug-likeness (QED) is 0.837. The summed E-state index contributed by atoms with van der Waals surface area (Å²) in [5.41, 5.74) is 4.03. The molecular weight excluding hydrogens is 308 g/mol. The number of carbonyl (C=O) groups excluding carboxylic acids is 1. The summed E-state index contributed by atoms with van der Waals surface area (Å²) in [6.07, 6.45) is 0.977. The first kappa shape index (κ1) is 16.1. The molecule has 1 atom stereocenters. The second-order valence-corrected chi connectivity index (χ2v) is 7.31. The average Bonchev–Trinajstić information content (AvgIpc) is 2.75. The van der Waals surface area contributed by atoms with E-state index in [0.29, 0.717) is 22.3 Å². The van der Waals surface area contributed by atoms with Crippen LogP contribution in [0.2, 0.25) is 0 Å². The van der Waals surface area contributed by atoms with Gasteiger partial charge in [0.2, 0.25) is 0 Å². The summed E-state index contributed by atoms with van der Waals surface area (Å²) < 4.78 is 5.14. The summed E-state index contributed by atoms with van der Waals surface area (Å²) in [4.78, 5) is 14.7. The molecule has 1 aliphatic rings. The molecule has 0 bridgehead atoms. The van der Waals surface area contributed by atoms with E-state index in [-0.39, 0.29) is 5.91 Å². The Bertz CT molecular complexity index is 691. The number of benzene rings is 1. The van der Waals surface area contributed by atoms with Gasteiger partial charge in [-0.2, -0.15) is 11.8 Å². The maximum absolute atomic E-state index is 12.8. The zero-order valence-corrected chi connectivity index (χ0v) is 14.7. The Hall–Kier alpha value is -1.75. The minimum absolute atomic E-state index is 0.0484. The van der Waals surface area contributed by atoms with Gasteiger partial charge in [0.25, 0.3) is 5.91 Å². The topological polar surface area (TPSA) is 46.3 Å². The van der Waals surface area contributed by atoms with Crippen LogP contribution in [0.4, 0.5) is 0 Å². The lowest BCUT2D eigenvalue weighted by molar-refractivity contribution is 0.0764. The maximum atomic E-state index is 12.8. The highest BCUT2D eigenvalue weighted by atomic mass is 32.2. The third-order valence-corrected chi connectivity index (χ3v) is 5.72. The number of aromatic nitrogens is 1. The van der Waals surface area contributed by atoms with Gasteiger partial charge in [-0.15, -0.1) is 0 Å². The van der Waals surface area contributed by atoms with Gasteiger partial charge < -0.3 is 9.42 Å². The minimum Gasteiger partial charge on any atom is -0.361 e. The molecule has 4 nitrogen and oxygen atoms in total. The predicted molar refractivity (Wildman–Crippen MR) is 92.9 cm³/mol. The van der Waals surface area contributed by atoms with Crippen LogP contribution in [0.5, 0.6) is 0 Å². The van der Waals surface area contributed by atoms with Crippen molar-refractivity contribution in [3.8, 4) is 0 Å². The molecular formula is C18H22N2O2S. The van der Waals surface area contributed by atoms with E-state index < -0.39 is 0 Å². The number of thioether (sulfide) groups is 1. The summed E-state index contributed by atoms with van der Waals surface area (Å²) in [7, 11) is 0. The summed E-state index contributed by atoms with van der Waals surface area (Å²) in [5, 5.41) is 4.36. The lowest BCUT2D eigenvalue weighted by atomic mass is 10.0. The number of amides is 1.